The molecule has 0 bridgehead atoms. The summed E-state index contributed by atoms with van der Waals surface area (Å²) in [6, 6.07) is 7.65. The van der Waals surface area contributed by atoms with Gasteiger partial charge in [0, 0.05) is 30.9 Å². The van der Waals surface area contributed by atoms with Crippen LogP contribution in [0.4, 0.5) is 11.4 Å². The van der Waals surface area contributed by atoms with Crippen LogP contribution in [-0.2, 0) is 4.79 Å². The lowest BCUT2D eigenvalue weighted by Crippen LogP contribution is -2.26. The Balaban J connectivity index is 2.69. The number of hydrogen-bond acceptors (Lipinski definition) is 3. The first-order valence-corrected chi connectivity index (χ1v) is 5.97. The molecule has 17 heavy (non-hydrogen) atoms. The average molecular weight is 236 g/mol. The Morgan fingerprint density at radius 1 is 1.29 bits per heavy atom. The number of aliphatic hydroxyl groups is 1. The summed E-state index contributed by atoms with van der Waals surface area (Å²) in [4.78, 5) is 13.3. The van der Waals surface area contributed by atoms with E-state index in [9.17, 15) is 4.79 Å². The number of nitrogens with zero attached hydrogens (tertiary/aromatic N) is 1. The van der Waals surface area contributed by atoms with Gasteiger partial charge in [0.25, 0.3) is 0 Å². The van der Waals surface area contributed by atoms with E-state index in [1.807, 2.05) is 38.1 Å². The highest BCUT2D eigenvalue weighted by Crippen LogP contribution is 2.17. The van der Waals surface area contributed by atoms with E-state index >= 15 is 0 Å². The van der Waals surface area contributed by atoms with Crippen LogP contribution in [0.1, 0.15) is 20.3 Å². The van der Waals surface area contributed by atoms with Gasteiger partial charge in [-0.3, -0.25) is 4.79 Å². The fourth-order valence-electron chi connectivity index (χ4n) is 1.60. The van der Waals surface area contributed by atoms with Crippen molar-refractivity contribution in [2.45, 2.75) is 20.3 Å². The summed E-state index contributed by atoms with van der Waals surface area (Å²) in [6.45, 7) is 5.48. The second-order valence-corrected chi connectivity index (χ2v) is 3.75. The number of benzene rings is 1. The fraction of sp³-hybridized carbons (Fsp3) is 0.462. The van der Waals surface area contributed by atoms with Crippen molar-refractivity contribution >= 4 is 17.3 Å². The molecule has 0 atom stereocenters. The highest BCUT2D eigenvalue weighted by atomic mass is 16.3. The van der Waals surface area contributed by atoms with Gasteiger partial charge in [0.2, 0.25) is 5.91 Å². The molecule has 2 N–H and O–H groups in total. The second kappa shape index (κ2) is 6.91. The molecule has 0 radical (unpaired) electrons. The zero-order valence-electron chi connectivity index (χ0n) is 10.4. The first-order chi connectivity index (χ1) is 8.21. The SMILES string of the molecule is CCC(=O)Nc1ccc(N(CC)CCO)cc1. The van der Waals surface area contributed by atoms with E-state index < -0.39 is 0 Å². The van der Waals surface area contributed by atoms with E-state index in [2.05, 4.69) is 10.2 Å². The monoisotopic (exact) mass is 236 g/mol. The fourth-order valence-corrected chi connectivity index (χ4v) is 1.60. The molecule has 0 spiro atoms. The number of anilines is 2. The van der Waals surface area contributed by atoms with Gasteiger partial charge in [0.1, 0.15) is 0 Å². The van der Waals surface area contributed by atoms with Crippen molar-refractivity contribution in [3.63, 3.8) is 0 Å². The third kappa shape index (κ3) is 4.07. The molecule has 0 aromatic heterocycles. The van der Waals surface area contributed by atoms with E-state index in [4.69, 9.17) is 5.11 Å². The molecule has 4 heteroatoms. The Bertz CT molecular complexity index is 349. The largest absolute Gasteiger partial charge is 0.395 e. The molecule has 1 rings (SSSR count). The molecule has 1 amide bonds. The lowest BCUT2D eigenvalue weighted by molar-refractivity contribution is -0.115. The maximum Gasteiger partial charge on any atom is 0.224 e. The second-order valence-electron chi connectivity index (χ2n) is 3.75. The van der Waals surface area contributed by atoms with Gasteiger partial charge in [-0.1, -0.05) is 6.92 Å². The van der Waals surface area contributed by atoms with Gasteiger partial charge in [-0.15, -0.1) is 0 Å². The van der Waals surface area contributed by atoms with E-state index in [1.54, 1.807) is 0 Å². The van der Waals surface area contributed by atoms with Crippen LogP contribution < -0.4 is 10.2 Å². The molecule has 0 aliphatic heterocycles. The van der Waals surface area contributed by atoms with E-state index in [0.29, 0.717) is 13.0 Å². The lowest BCUT2D eigenvalue weighted by Gasteiger charge is -2.22. The Labute approximate surface area is 102 Å². The zero-order chi connectivity index (χ0) is 12.7. The average Bonchev–Trinajstić information content (AvgIpc) is 2.37. The van der Waals surface area contributed by atoms with Gasteiger partial charge < -0.3 is 15.3 Å². The number of carbonyl (C=O) groups is 1. The van der Waals surface area contributed by atoms with Crippen LogP contribution in [0.15, 0.2) is 24.3 Å². The van der Waals surface area contributed by atoms with Gasteiger partial charge in [0.05, 0.1) is 6.61 Å². The van der Waals surface area contributed by atoms with Crippen LogP contribution in [0.3, 0.4) is 0 Å². The molecule has 0 fully saturated rings. The Morgan fingerprint density at radius 2 is 1.94 bits per heavy atom. The first kappa shape index (κ1) is 13.5. The third-order valence-electron chi connectivity index (χ3n) is 2.59. The number of amides is 1. The van der Waals surface area contributed by atoms with E-state index in [-0.39, 0.29) is 12.5 Å². The molecule has 4 nitrogen and oxygen atoms in total. The van der Waals surface area contributed by atoms with Crippen molar-refractivity contribution in [3.8, 4) is 0 Å². The molecule has 1 aromatic carbocycles. The number of hydrogen-bond donors (Lipinski definition) is 2. The lowest BCUT2D eigenvalue weighted by atomic mass is 10.2. The predicted molar refractivity (Wildman–Crippen MR) is 70.3 cm³/mol. The summed E-state index contributed by atoms with van der Waals surface area (Å²) in [5, 5.41) is 11.7. The third-order valence-corrected chi connectivity index (χ3v) is 2.59. The smallest absolute Gasteiger partial charge is 0.224 e. The van der Waals surface area contributed by atoms with Crippen molar-refractivity contribution in [2.75, 3.05) is 29.9 Å². The number of rotatable bonds is 6. The van der Waals surface area contributed by atoms with Crippen LogP contribution >= 0.6 is 0 Å². The molecule has 1 aromatic rings. The number of nitrogens with one attached hydrogen (secondary N) is 1. The van der Waals surface area contributed by atoms with Gasteiger partial charge in [0.15, 0.2) is 0 Å². The van der Waals surface area contributed by atoms with E-state index in [0.717, 1.165) is 17.9 Å². The van der Waals surface area contributed by atoms with Gasteiger partial charge in [-0.2, -0.15) is 0 Å². The standard InChI is InChI=1S/C13H20N2O2/c1-3-13(17)14-11-5-7-12(8-6-11)15(4-2)9-10-16/h5-8,16H,3-4,9-10H2,1-2H3,(H,14,17). The quantitative estimate of drug-likeness (QED) is 0.792. The molecule has 0 unspecified atom stereocenters. The summed E-state index contributed by atoms with van der Waals surface area (Å²) < 4.78 is 0. The van der Waals surface area contributed by atoms with Crippen molar-refractivity contribution in [3.05, 3.63) is 24.3 Å². The highest BCUT2D eigenvalue weighted by molar-refractivity contribution is 5.90. The van der Waals surface area contributed by atoms with Gasteiger partial charge in [-0.05, 0) is 31.2 Å². The number of carbonyl (C=O) groups excluding carboxylic acids is 1. The minimum absolute atomic E-state index is 0.0143. The zero-order valence-corrected chi connectivity index (χ0v) is 10.4. The molecule has 0 saturated heterocycles. The van der Waals surface area contributed by atoms with Crippen LogP contribution in [0.2, 0.25) is 0 Å². The maximum absolute atomic E-state index is 11.2. The minimum atomic E-state index is 0.0143. The molecule has 0 saturated carbocycles. The van der Waals surface area contributed by atoms with Crippen molar-refractivity contribution in [1.82, 2.24) is 0 Å². The highest BCUT2D eigenvalue weighted by Gasteiger charge is 2.04. The van der Waals surface area contributed by atoms with Crippen molar-refractivity contribution < 1.29 is 9.90 Å². The molecular weight excluding hydrogens is 216 g/mol. The van der Waals surface area contributed by atoms with Crippen LogP contribution in [0.5, 0.6) is 0 Å². The maximum atomic E-state index is 11.2. The van der Waals surface area contributed by atoms with E-state index in [1.165, 1.54) is 0 Å². The summed E-state index contributed by atoms with van der Waals surface area (Å²) in [5.41, 5.74) is 1.86. The Hall–Kier alpha value is -1.55. The molecule has 0 heterocycles. The summed E-state index contributed by atoms with van der Waals surface area (Å²) >= 11 is 0. The molecule has 0 aliphatic carbocycles. The first-order valence-electron chi connectivity index (χ1n) is 5.97. The van der Waals surface area contributed by atoms with Crippen molar-refractivity contribution in [1.29, 1.82) is 0 Å². The topological polar surface area (TPSA) is 52.6 Å². The minimum Gasteiger partial charge on any atom is -0.395 e. The number of likely N-dealkylation sites (N-methyl/N-ethyl adjacent to an activating group) is 1. The summed E-state index contributed by atoms with van der Waals surface area (Å²) in [6.07, 6.45) is 0.480. The molecule has 0 aliphatic rings. The Kier molecular flexibility index (Phi) is 5.49. The predicted octanol–water partition coefficient (Wildman–Crippen LogP) is 1.85. The van der Waals surface area contributed by atoms with Crippen LogP contribution in [0.25, 0.3) is 0 Å². The van der Waals surface area contributed by atoms with Crippen LogP contribution in [0, 0.1) is 0 Å². The normalized spacial score (nSPS) is 10.1. The molecular formula is C13H20N2O2. The number of aliphatic hydroxyl groups excluding tert-OH is 1. The Morgan fingerprint density at radius 3 is 2.41 bits per heavy atom. The van der Waals surface area contributed by atoms with Gasteiger partial charge in [-0.25, -0.2) is 0 Å². The molecule has 94 valence electrons. The van der Waals surface area contributed by atoms with Crippen molar-refractivity contribution in [2.24, 2.45) is 0 Å². The van der Waals surface area contributed by atoms with Crippen LogP contribution in [-0.4, -0.2) is 30.7 Å². The van der Waals surface area contributed by atoms with Gasteiger partial charge >= 0.3 is 0 Å². The summed E-state index contributed by atoms with van der Waals surface area (Å²) in [7, 11) is 0. The summed E-state index contributed by atoms with van der Waals surface area (Å²) in [5.74, 6) is 0.0143.